The molecule has 0 aliphatic carbocycles. The minimum Gasteiger partial charge on any atom is -0.460 e. The fourth-order valence-electron chi connectivity index (χ4n) is 1.92. The molecular formula is C15H10BrClN2O. The summed E-state index contributed by atoms with van der Waals surface area (Å²) in [6.45, 7) is 1.91. The maximum absolute atomic E-state index is 6.23. The molecule has 3 rings (SSSR count). The molecule has 0 N–H and O–H groups in total. The molecule has 0 saturated carbocycles. The average Bonchev–Trinajstić information content (AvgIpc) is 2.89. The van der Waals surface area contributed by atoms with Crippen molar-refractivity contribution in [3.63, 3.8) is 0 Å². The predicted molar refractivity (Wildman–Crippen MR) is 82.6 cm³/mol. The van der Waals surface area contributed by atoms with E-state index in [2.05, 4.69) is 25.9 Å². The third-order valence-corrected chi connectivity index (χ3v) is 3.95. The van der Waals surface area contributed by atoms with Gasteiger partial charge in [0.15, 0.2) is 11.6 Å². The first-order valence-electron chi connectivity index (χ1n) is 5.99. The molecule has 2 aromatic heterocycles. The van der Waals surface area contributed by atoms with E-state index in [9.17, 15) is 0 Å². The van der Waals surface area contributed by atoms with E-state index in [0.29, 0.717) is 16.7 Å². The first-order chi connectivity index (χ1) is 9.66. The summed E-state index contributed by atoms with van der Waals surface area (Å²) in [5.41, 5.74) is 2.66. The largest absolute Gasteiger partial charge is 0.460 e. The summed E-state index contributed by atoms with van der Waals surface area (Å²) >= 11 is 9.64. The van der Waals surface area contributed by atoms with Gasteiger partial charge >= 0.3 is 0 Å². The number of furan rings is 1. The summed E-state index contributed by atoms with van der Waals surface area (Å²) in [6.07, 6.45) is 1.58. The van der Waals surface area contributed by atoms with Gasteiger partial charge in [-0.3, -0.25) is 0 Å². The second-order valence-electron chi connectivity index (χ2n) is 4.28. The molecule has 0 amide bonds. The number of rotatable bonds is 2. The quantitative estimate of drug-likeness (QED) is 0.602. The summed E-state index contributed by atoms with van der Waals surface area (Å²) in [7, 11) is 0. The monoisotopic (exact) mass is 348 g/mol. The van der Waals surface area contributed by atoms with Gasteiger partial charge in [-0.2, -0.15) is 0 Å². The van der Waals surface area contributed by atoms with E-state index < -0.39 is 0 Å². The Hall–Kier alpha value is -1.65. The smallest absolute Gasteiger partial charge is 0.198 e. The van der Waals surface area contributed by atoms with Gasteiger partial charge in [-0.05, 0) is 28.9 Å². The van der Waals surface area contributed by atoms with Gasteiger partial charge in [0.2, 0.25) is 0 Å². The normalized spacial score (nSPS) is 10.8. The summed E-state index contributed by atoms with van der Waals surface area (Å²) < 4.78 is 6.21. The Morgan fingerprint density at radius 2 is 1.85 bits per heavy atom. The molecule has 2 heterocycles. The highest BCUT2D eigenvalue weighted by molar-refractivity contribution is 9.10. The summed E-state index contributed by atoms with van der Waals surface area (Å²) in [6, 6.07) is 11.7. The van der Waals surface area contributed by atoms with Crippen LogP contribution in [0.1, 0.15) is 5.56 Å². The molecule has 0 aliphatic rings. The van der Waals surface area contributed by atoms with Crippen molar-refractivity contribution in [3.05, 3.63) is 57.9 Å². The van der Waals surface area contributed by atoms with Gasteiger partial charge in [0.1, 0.15) is 5.15 Å². The van der Waals surface area contributed by atoms with Crippen LogP contribution in [0.25, 0.3) is 22.8 Å². The van der Waals surface area contributed by atoms with Gasteiger partial charge in [-0.15, -0.1) is 0 Å². The Morgan fingerprint density at radius 1 is 1.10 bits per heavy atom. The van der Waals surface area contributed by atoms with E-state index in [4.69, 9.17) is 16.0 Å². The van der Waals surface area contributed by atoms with Crippen molar-refractivity contribution in [2.24, 2.45) is 0 Å². The molecule has 20 heavy (non-hydrogen) atoms. The molecule has 0 spiro atoms. The van der Waals surface area contributed by atoms with Crippen LogP contribution in [0.3, 0.4) is 0 Å². The van der Waals surface area contributed by atoms with Gasteiger partial charge in [0.25, 0.3) is 0 Å². The van der Waals surface area contributed by atoms with Crippen LogP contribution in [0.5, 0.6) is 0 Å². The summed E-state index contributed by atoms with van der Waals surface area (Å²) in [5, 5.41) is 0.428. The van der Waals surface area contributed by atoms with Crippen LogP contribution in [0.2, 0.25) is 5.15 Å². The second-order valence-corrected chi connectivity index (χ2v) is 5.49. The molecular weight excluding hydrogens is 340 g/mol. The van der Waals surface area contributed by atoms with Crippen molar-refractivity contribution < 1.29 is 4.42 Å². The van der Waals surface area contributed by atoms with E-state index in [1.54, 1.807) is 12.3 Å². The highest BCUT2D eigenvalue weighted by Gasteiger charge is 2.16. The third-order valence-electron chi connectivity index (χ3n) is 2.95. The maximum Gasteiger partial charge on any atom is 0.198 e. The van der Waals surface area contributed by atoms with E-state index in [-0.39, 0.29) is 0 Å². The van der Waals surface area contributed by atoms with Crippen LogP contribution in [-0.4, -0.2) is 9.97 Å². The summed E-state index contributed by atoms with van der Waals surface area (Å²) in [5.74, 6) is 1.04. The third kappa shape index (κ3) is 2.37. The van der Waals surface area contributed by atoms with Crippen LogP contribution >= 0.6 is 27.5 Å². The van der Waals surface area contributed by atoms with Gasteiger partial charge < -0.3 is 4.42 Å². The number of nitrogens with zero attached hydrogens (tertiary/aromatic N) is 2. The van der Waals surface area contributed by atoms with Crippen molar-refractivity contribution in [1.82, 2.24) is 9.97 Å². The van der Waals surface area contributed by atoms with Crippen LogP contribution in [0.4, 0.5) is 0 Å². The molecule has 3 aromatic rings. The minimum atomic E-state index is 0.428. The van der Waals surface area contributed by atoms with Crippen molar-refractivity contribution in [3.8, 4) is 22.8 Å². The van der Waals surface area contributed by atoms with E-state index >= 15 is 0 Å². The van der Waals surface area contributed by atoms with Crippen molar-refractivity contribution in [1.29, 1.82) is 0 Å². The lowest BCUT2D eigenvalue weighted by Crippen LogP contribution is -1.97. The lowest BCUT2D eigenvalue weighted by molar-refractivity contribution is 0.576. The van der Waals surface area contributed by atoms with E-state index in [0.717, 1.165) is 21.3 Å². The van der Waals surface area contributed by atoms with Crippen molar-refractivity contribution in [2.75, 3.05) is 0 Å². The standard InChI is InChI=1S/C15H10BrClN2O/c1-9-12(10-5-3-2-4-6-10)18-15(19-14(9)17)13-11(16)7-8-20-13/h2-8H,1H3. The maximum atomic E-state index is 6.23. The van der Waals surface area contributed by atoms with Crippen molar-refractivity contribution >= 4 is 27.5 Å². The highest BCUT2D eigenvalue weighted by Crippen LogP contribution is 2.32. The Morgan fingerprint density at radius 3 is 2.50 bits per heavy atom. The van der Waals surface area contributed by atoms with Gasteiger partial charge in [0.05, 0.1) is 16.4 Å². The van der Waals surface area contributed by atoms with E-state index in [1.807, 2.05) is 37.3 Å². The highest BCUT2D eigenvalue weighted by atomic mass is 79.9. The fourth-order valence-corrected chi connectivity index (χ4v) is 2.47. The number of halogens is 2. The molecule has 1 aromatic carbocycles. The molecule has 0 radical (unpaired) electrons. The molecule has 0 atom stereocenters. The number of aromatic nitrogens is 2. The Labute approximate surface area is 129 Å². The molecule has 0 fully saturated rings. The number of hydrogen-bond donors (Lipinski definition) is 0. The molecule has 5 heteroatoms. The first-order valence-corrected chi connectivity index (χ1v) is 7.17. The molecule has 0 bridgehead atoms. The minimum absolute atomic E-state index is 0.428. The van der Waals surface area contributed by atoms with Gasteiger partial charge in [-0.1, -0.05) is 41.9 Å². The zero-order valence-electron chi connectivity index (χ0n) is 10.6. The molecule has 0 unspecified atom stereocenters. The van der Waals surface area contributed by atoms with Crippen LogP contribution in [0.15, 0.2) is 51.6 Å². The van der Waals surface area contributed by atoms with Crippen LogP contribution < -0.4 is 0 Å². The zero-order valence-corrected chi connectivity index (χ0v) is 12.9. The fraction of sp³-hybridized carbons (Fsp3) is 0.0667. The molecule has 0 saturated heterocycles. The van der Waals surface area contributed by atoms with Gasteiger partial charge in [-0.25, -0.2) is 9.97 Å². The average molecular weight is 350 g/mol. The topological polar surface area (TPSA) is 38.9 Å². The molecule has 100 valence electrons. The SMILES string of the molecule is Cc1c(Cl)nc(-c2occc2Br)nc1-c1ccccc1. The van der Waals surface area contributed by atoms with Crippen LogP contribution in [-0.2, 0) is 0 Å². The van der Waals surface area contributed by atoms with E-state index in [1.165, 1.54) is 0 Å². The van der Waals surface area contributed by atoms with Gasteiger partial charge in [0, 0.05) is 11.1 Å². The number of benzene rings is 1. The van der Waals surface area contributed by atoms with Crippen LogP contribution in [0, 0.1) is 6.92 Å². The second kappa shape index (κ2) is 5.38. The van der Waals surface area contributed by atoms with Crippen molar-refractivity contribution in [2.45, 2.75) is 6.92 Å². The predicted octanol–water partition coefficient (Wildman–Crippen LogP) is 5.13. The Balaban J connectivity index is 2.21. The summed E-state index contributed by atoms with van der Waals surface area (Å²) in [4.78, 5) is 8.88. The lowest BCUT2D eigenvalue weighted by atomic mass is 10.1. The lowest BCUT2D eigenvalue weighted by Gasteiger charge is -2.08. The molecule has 0 aliphatic heterocycles. The zero-order chi connectivity index (χ0) is 14.1. The Bertz CT molecular complexity index is 756. The molecule has 3 nitrogen and oxygen atoms in total. The first kappa shape index (κ1) is 13.3. The Kier molecular flexibility index (Phi) is 3.59. The number of hydrogen-bond acceptors (Lipinski definition) is 3.